The number of allylic oxidation sites excluding steroid dienone is 9. The largest absolute Gasteiger partial charge is 0.398 e. The predicted molar refractivity (Wildman–Crippen MR) is 213 cm³/mol. The number of benzene rings is 3. The fourth-order valence-electron chi connectivity index (χ4n) is 7.12. The van der Waals surface area contributed by atoms with Crippen molar-refractivity contribution in [3.63, 3.8) is 0 Å². The summed E-state index contributed by atoms with van der Waals surface area (Å²) in [5.74, 6) is -0.236. The molecule has 0 fully saturated rings. The average molecular weight is 650 g/mol. The lowest BCUT2D eigenvalue weighted by Crippen LogP contribution is -2.27. The Kier molecular flexibility index (Phi) is 10.5. The Labute approximate surface area is 293 Å². The summed E-state index contributed by atoms with van der Waals surface area (Å²) in [7, 11) is 0. The number of nitrogen functional groups attached to an aromatic ring is 1. The molecule has 1 atom stereocenters. The van der Waals surface area contributed by atoms with Gasteiger partial charge >= 0.3 is 0 Å². The van der Waals surface area contributed by atoms with Crippen LogP contribution in [0.15, 0.2) is 83.9 Å². The fourth-order valence-corrected chi connectivity index (χ4v) is 7.12. The van der Waals surface area contributed by atoms with Gasteiger partial charge in [0.15, 0.2) is 0 Å². The lowest BCUT2D eigenvalue weighted by atomic mass is 9.77. The molecule has 49 heavy (non-hydrogen) atoms. The summed E-state index contributed by atoms with van der Waals surface area (Å²) in [6.45, 7) is 21.4. The highest BCUT2D eigenvalue weighted by Gasteiger charge is 2.25. The van der Waals surface area contributed by atoms with Crippen molar-refractivity contribution in [2.24, 2.45) is 11.8 Å². The van der Waals surface area contributed by atoms with Crippen molar-refractivity contribution in [2.45, 2.75) is 87.5 Å². The number of anilines is 1. The van der Waals surface area contributed by atoms with Crippen LogP contribution in [0.4, 0.5) is 10.1 Å². The zero-order valence-electron chi connectivity index (χ0n) is 31.1. The van der Waals surface area contributed by atoms with Crippen molar-refractivity contribution in [2.75, 3.05) is 5.73 Å². The molecule has 3 aromatic rings. The second-order valence-electron chi connectivity index (χ2n) is 14.5. The lowest BCUT2D eigenvalue weighted by molar-refractivity contribution is 0.397. The maximum absolute atomic E-state index is 16.6. The fraction of sp³-hybridized carbons (Fsp3) is 0.319. The first-order valence-corrected chi connectivity index (χ1v) is 17.8. The standard InChI is InChI=1S/C47H52FN/c1-11-47(10,12-2)37-22-25-41(44(49)28-37)43(46(48)33(8)29(3)4)27-32(7)45-30(5)18-23-39(34(45)9)38-24-21-36-20-19-35-16-14-13-15-17-40(35)42(36)26-31(38)6/h13-14,16-20,22-29,33H,11-12,49H2,1-10H3/b32-27+,46-43-. The van der Waals surface area contributed by atoms with Crippen LogP contribution in [0.1, 0.15) is 113 Å². The number of aryl methyl sites for hydroxylation is 1. The monoisotopic (exact) mass is 649 g/mol. The van der Waals surface area contributed by atoms with Crippen LogP contribution in [0.25, 0.3) is 40.7 Å². The maximum Gasteiger partial charge on any atom is 0.111 e. The Morgan fingerprint density at radius 2 is 1.71 bits per heavy atom. The van der Waals surface area contributed by atoms with Crippen LogP contribution in [0.3, 0.4) is 0 Å². The van der Waals surface area contributed by atoms with E-state index in [4.69, 9.17) is 5.73 Å². The lowest BCUT2D eigenvalue weighted by Gasteiger charge is -2.28. The van der Waals surface area contributed by atoms with Gasteiger partial charge in [0.25, 0.3) is 0 Å². The summed E-state index contributed by atoms with van der Waals surface area (Å²) in [5.41, 5.74) is 27.1. The van der Waals surface area contributed by atoms with Gasteiger partial charge in [-0.05, 0) is 155 Å². The Morgan fingerprint density at radius 1 is 0.980 bits per heavy atom. The highest BCUT2D eigenvalue weighted by molar-refractivity contribution is 5.92. The molecule has 1 unspecified atom stereocenters. The van der Waals surface area contributed by atoms with Gasteiger partial charge in [0.05, 0.1) is 0 Å². The second kappa shape index (κ2) is 14.5. The van der Waals surface area contributed by atoms with Crippen molar-refractivity contribution >= 4 is 46.4 Å². The van der Waals surface area contributed by atoms with E-state index >= 15 is 4.39 Å². The van der Waals surface area contributed by atoms with Crippen LogP contribution in [0.2, 0.25) is 0 Å². The first kappa shape index (κ1) is 35.7. The Hall–Kier alpha value is -4.61. The molecule has 5 rings (SSSR count). The molecule has 252 valence electrons. The molecule has 0 saturated carbocycles. The van der Waals surface area contributed by atoms with Gasteiger partial charge < -0.3 is 5.73 Å². The van der Waals surface area contributed by atoms with Crippen LogP contribution in [0.5, 0.6) is 0 Å². The molecule has 3 aromatic carbocycles. The molecule has 0 heterocycles. The highest BCUT2D eigenvalue weighted by Crippen LogP contribution is 2.40. The number of halogens is 1. The van der Waals surface area contributed by atoms with Crippen LogP contribution in [0, 0.1) is 25.7 Å². The summed E-state index contributed by atoms with van der Waals surface area (Å²) in [6.07, 6.45) is 16.6. The number of hydrogen-bond donors (Lipinski definition) is 1. The second-order valence-corrected chi connectivity index (χ2v) is 14.5. The van der Waals surface area contributed by atoms with Crippen LogP contribution < -0.4 is 16.2 Å². The van der Waals surface area contributed by atoms with E-state index in [0.717, 1.165) is 67.8 Å². The van der Waals surface area contributed by atoms with E-state index in [1.54, 1.807) is 0 Å². The van der Waals surface area contributed by atoms with E-state index in [0.29, 0.717) is 11.3 Å². The number of hydrogen-bond acceptors (Lipinski definition) is 1. The van der Waals surface area contributed by atoms with Crippen LogP contribution in [-0.2, 0) is 5.41 Å². The average Bonchev–Trinajstić information content (AvgIpc) is 3.42. The van der Waals surface area contributed by atoms with Gasteiger partial charge in [-0.25, -0.2) is 4.39 Å². The molecule has 0 bridgehead atoms. The molecule has 1 nitrogen and oxygen atoms in total. The smallest absolute Gasteiger partial charge is 0.111 e. The van der Waals surface area contributed by atoms with Gasteiger partial charge in [0.1, 0.15) is 5.83 Å². The Balaban J connectivity index is 1.68. The first-order chi connectivity index (χ1) is 23.3. The summed E-state index contributed by atoms with van der Waals surface area (Å²) >= 11 is 0. The first-order valence-electron chi connectivity index (χ1n) is 17.8. The zero-order chi connectivity index (χ0) is 35.6. The minimum atomic E-state index is -0.254. The molecule has 2 N–H and O–H groups in total. The van der Waals surface area contributed by atoms with E-state index < -0.39 is 0 Å². The molecule has 0 aromatic heterocycles. The van der Waals surface area contributed by atoms with Crippen molar-refractivity contribution in [3.05, 3.63) is 139 Å². The van der Waals surface area contributed by atoms with Gasteiger partial charge in [-0.2, -0.15) is 0 Å². The normalized spacial score (nSPS) is 15.3. The topological polar surface area (TPSA) is 26.0 Å². The predicted octanol–water partition coefficient (Wildman–Crippen LogP) is 11.4. The molecule has 0 saturated heterocycles. The molecular weight excluding hydrogens is 598 g/mol. The maximum atomic E-state index is 16.6. The van der Waals surface area contributed by atoms with Gasteiger partial charge in [-0.1, -0.05) is 84.0 Å². The van der Waals surface area contributed by atoms with E-state index in [9.17, 15) is 0 Å². The molecule has 2 aliphatic carbocycles. The third-order valence-electron chi connectivity index (χ3n) is 11.1. The minimum absolute atomic E-state index is 0.0274. The summed E-state index contributed by atoms with van der Waals surface area (Å²) in [6, 6.07) is 14.9. The van der Waals surface area contributed by atoms with E-state index in [-0.39, 0.29) is 23.1 Å². The summed E-state index contributed by atoms with van der Waals surface area (Å²) in [5, 5.41) is 2.22. The molecule has 2 aliphatic rings. The van der Waals surface area contributed by atoms with Crippen LogP contribution in [-0.4, -0.2) is 0 Å². The molecule has 0 spiro atoms. The number of fused-ring (bicyclic) bond motifs is 3. The SMILES string of the molecule is CCC(C)(CC)c1ccc(C(/C=C(\C)c2c(C)ccc(C3=C(C)C=c4c5c(ccc4=C=C3)C=CC=C=C5)c2C)=C(\F)C(C)C(C)C)c(N)c1. The molecule has 2 heteroatoms. The molecule has 0 radical (unpaired) electrons. The van der Waals surface area contributed by atoms with E-state index in [1.807, 2.05) is 31.2 Å². The van der Waals surface area contributed by atoms with Gasteiger partial charge in [-0.3, -0.25) is 0 Å². The Morgan fingerprint density at radius 3 is 2.39 bits per heavy atom. The van der Waals surface area contributed by atoms with Gasteiger partial charge in [-0.15, -0.1) is 11.5 Å². The summed E-state index contributed by atoms with van der Waals surface area (Å²) < 4.78 is 16.6. The van der Waals surface area contributed by atoms with Gasteiger partial charge in [0, 0.05) is 28.0 Å². The van der Waals surface area contributed by atoms with Crippen molar-refractivity contribution in [1.82, 2.24) is 0 Å². The van der Waals surface area contributed by atoms with Crippen molar-refractivity contribution < 1.29 is 4.39 Å². The molecule has 0 amide bonds. The van der Waals surface area contributed by atoms with Gasteiger partial charge in [0.2, 0.25) is 0 Å². The van der Waals surface area contributed by atoms with E-state index in [1.165, 1.54) is 16.7 Å². The third kappa shape index (κ3) is 6.95. The number of nitrogens with two attached hydrogens (primary N) is 1. The molecular formula is C47H52FN. The quantitative estimate of drug-likeness (QED) is 0.139. The summed E-state index contributed by atoms with van der Waals surface area (Å²) in [4.78, 5) is 0. The zero-order valence-corrected chi connectivity index (χ0v) is 31.1. The highest BCUT2D eigenvalue weighted by atomic mass is 19.1. The van der Waals surface area contributed by atoms with Crippen LogP contribution >= 0.6 is 0 Å². The van der Waals surface area contributed by atoms with E-state index in [2.05, 4.69) is 134 Å². The Bertz CT molecular complexity index is 2160. The minimum Gasteiger partial charge on any atom is -0.398 e. The third-order valence-corrected chi connectivity index (χ3v) is 11.1. The number of rotatable bonds is 9. The molecule has 0 aliphatic heterocycles. The van der Waals surface area contributed by atoms with Crippen molar-refractivity contribution in [3.8, 4) is 0 Å². The van der Waals surface area contributed by atoms with Crippen molar-refractivity contribution in [1.29, 1.82) is 0 Å².